The van der Waals surface area contributed by atoms with Gasteiger partial charge in [-0.15, -0.1) is 0 Å². The van der Waals surface area contributed by atoms with Crippen molar-refractivity contribution in [2.24, 2.45) is 0 Å². The van der Waals surface area contributed by atoms with Crippen molar-refractivity contribution in [3.05, 3.63) is 67.3 Å². The molecule has 3 heterocycles. The van der Waals surface area contributed by atoms with Gasteiger partial charge in [0.15, 0.2) is 0 Å². The van der Waals surface area contributed by atoms with Gasteiger partial charge in [-0.1, -0.05) is 24.3 Å². The summed E-state index contributed by atoms with van der Waals surface area (Å²) in [5, 5.41) is 4.28. The number of hydrogen-bond donors (Lipinski definition) is 2. The predicted molar refractivity (Wildman–Crippen MR) is 85.0 cm³/mol. The van der Waals surface area contributed by atoms with Gasteiger partial charge in [0.25, 0.3) is 5.69 Å². The van der Waals surface area contributed by atoms with E-state index in [1.807, 2.05) is 6.08 Å². The molecule has 0 unspecified atom stereocenters. The van der Waals surface area contributed by atoms with Crippen LogP contribution in [0.4, 0.5) is 5.69 Å². The highest BCUT2D eigenvalue weighted by atomic mass is 16.3. The number of H-pyrrole nitrogens is 2. The number of fused-ring (bicyclic) bond motifs is 6. The number of nitroso groups, excluding NO2 is 1. The summed E-state index contributed by atoms with van der Waals surface area (Å²) in [6.07, 6.45) is 15.4. The monoisotopic (exact) mass is 290 g/mol. The van der Waals surface area contributed by atoms with Gasteiger partial charge in [0, 0.05) is 32.3 Å². The summed E-state index contributed by atoms with van der Waals surface area (Å²) in [5.41, 5.74) is 4.54. The Kier molecular flexibility index (Phi) is 2.28. The lowest BCUT2D eigenvalue weighted by atomic mass is 10.0. The first-order chi connectivity index (χ1) is 10.8. The molecule has 2 aromatic rings. The molecule has 0 fully saturated rings. The molecule has 0 aromatic carbocycles. The van der Waals surface area contributed by atoms with E-state index in [0.717, 1.165) is 51.3 Å². The Labute approximate surface area is 126 Å². The van der Waals surface area contributed by atoms with Gasteiger partial charge < -0.3 is 9.97 Å². The second-order valence-electron chi connectivity index (χ2n) is 6.06. The molecule has 22 heavy (non-hydrogen) atoms. The molecule has 0 amide bonds. The van der Waals surface area contributed by atoms with E-state index in [2.05, 4.69) is 40.3 Å². The molecule has 0 saturated heterocycles. The van der Waals surface area contributed by atoms with Crippen molar-refractivity contribution in [2.45, 2.75) is 19.3 Å². The maximum atomic E-state index is 12.6. The maximum Gasteiger partial charge on any atom is 0.287 e. The second-order valence-corrected chi connectivity index (χ2v) is 6.06. The maximum absolute atomic E-state index is 12.6. The molecule has 2 aliphatic carbocycles. The Morgan fingerprint density at radius 3 is 2.77 bits per heavy atom. The Balaban J connectivity index is 2.02. The molecule has 4 nitrogen and oxygen atoms in total. The van der Waals surface area contributed by atoms with Crippen molar-refractivity contribution in [3.63, 3.8) is 0 Å². The fourth-order valence-electron chi connectivity index (χ4n) is 3.81. The molecule has 2 N–H and O–H groups in total. The van der Waals surface area contributed by atoms with Crippen LogP contribution in [0.15, 0.2) is 24.3 Å². The molecular weight excluding hydrogens is 274 g/mol. The number of aromatic amines is 2. The van der Waals surface area contributed by atoms with Crippen molar-refractivity contribution >= 4 is 17.8 Å². The van der Waals surface area contributed by atoms with Crippen LogP contribution in [0.1, 0.15) is 16.8 Å². The molecule has 108 valence electrons. The van der Waals surface area contributed by atoms with E-state index < -0.39 is 0 Å². The Morgan fingerprint density at radius 1 is 0.955 bits per heavy atom. The number of rotatable bonds is 0. The summed E-state index contributed by atoms with van der Waals surface area (Å²) in [6.45, 7) is 0.405. The first kappa shape index (κ1) is 12.0. The summed E-state index contributed by atoms with van der Waals surface area (Å²) < 4.78 is 1.12. The number of allylic oxidation sites excluding steroid dienone is 4. The molecule has 0 atom stereocenters. The molecule has 0 bridgehead atoms. The average Bonchev–Trinajstić information content (AvgIpc) is 3.07. The van der Waals surface area contributed by atoms with Crippen LogP contribution in [-0.2, 0) is 19.3 Å². The van der Waals surface area contributed by atoms with E-state index in [1.54, 1.807) is 0 Å². The van der Waals surface area contributed by atoms with Gasteiger partial charge in [0.2, 0.25) is 6.54 Å². The van der Waals surface area contributed by atoms with Gasteiger partial charge in [-0.2, -0.15) is 0 Å². The van der Waals surface area contributed by atoms with E-state index in [1.165, 1.54) is 16.5 Å². The quantitative estimate of drug-likeness (QED) is 0.559. The molecular formula is C18H16N3O+. The lowest BCUT2D eigenvalue weighted by molar-refractivity contribution is -0.448. The van der Waals surface area contributed by atoms with Crippen LogP contribution in [-0.4, -0.2) is 21.3 Å². The summed E-state index contributed by atoms with van der Waals surface area (Å²) >= 11 is 0. The van der Waals surface area contributed by atoms with Crippen molar-refractivity contribution < 1.29 is 4.76 Å². The average molecular weight is 290 g/mol. The Hall–Kier alpha value is -2.62. The third-order valence-electron chi connectivity index (χ3n) is 4.83. The first-order valence-corrected chi connectivity index (χ1v) is 7.74. The largest absolute Gasteiger partial charge is 0.356 e. The summed E-state index contributed by atoms with van der Waals surface area (Å²) in [6, 6.07) is 0. The SMILES string of the molecule is O=[N+]1CC=c2c3c([nH]c2=c2[nH]c4c(c21)CC=CC=4)CC=CC3. The fourth-order valence-corrected chi connectivity index (χ4v) is 3.81. The highest BCUT2D eigenvalue weighted by Gasteiger charge is 2.27. The van der Waals surface area contributed by atoms with Gasteiger partial charge in [0.05, 0.1) is 10.9 Å². The minimum Gasteiger partial charge on any atom is -0.356 e. The topological polar surface area (TPSA) is 51.7 Å². The minimum atomic E-state index is 0.405. The normalized spacial score (nSPS) is 17.7. The first-order valence-electron chi connectivity index (χ1n) is 7.74. The lowest BCUT2D eigenvalue weighted by Gasteiger charge is -2.03. The van der Waals surface area contributed by atoms with Crippen LogP contribution in [0.25, 0.3) is 12.2 Å². The molecule has 0 radical (unpaired) electrons. The molecule has 0 spiro atoms. The zero-order valence-electron chi connectivity index (χ0n) is 12.1. The Morgan fingerprint density at radius 2 is 1.82 bits per heavy atom. The van der Waals surface area contributed by atoms with E-state index in [9.17, 15) is 4.91 Å². The van der Waals surface area contributed by atoms with Crippen molar-refractivity contribution in [1.82, 2.24) is 9.97 Å². The minimum absolute atomic E-state index is 0.405. The van der Waals surface area contributed by atoms with Gasteiger partial charge >= 0.3 is 0 Å². The van der Waals surface area contributed by atoms with Crippen molar-refractivity contribution in [3.8, 4) is 0 Å². The third-order valence-corrected chi connectivity index (χ3v) is 4.83. The van der Waals surface area contributed by atoms with Gasteiger partial charge in [-0.25, -0.2) is 0 Å². The van der Waals surface area contributed by atoms with Crippen molar-refractivity contribution in [1.29, 1.82) is 0 Å². The van der Waals surface area contributed by atoms with E-state index in [-0.39, 0.29) is 0 Å². The predicted octanol–water partition coefficient (Wildman–Crippen LogP) is 1.38. The van der Waals surface area contributed by atoms with Crippen LogP contribution in [0.5, 0.6) is 0 Å². The number of hydrogen-bond acceptors (Lipinski definition) is 1. The summed E-state index contributed by atoms with van der Waals surface area (Å²) in [4.78, 5) is 19.6. The van der Waals surface area contributed by atoms with Crippen LogP contribution < -0.4 is 10.6 Å². The number of nitrogens with one attached hydrogen (secondary N) is 2. The lowest BCUT2D eigenvalue weighted by Crippen LogP contribution is -2.14. The zero-order chi connectivity index (χ0) is 14.7. The van der Waals surface area contributed by atoms with Gasteiger partial charge in [-0.3, -0.25) is 0 Å². The van der Waals surface area contributed by atoms with E-state index in [4.69, 9.17) is 0 Å². The zero-order valence-corrected chi connectivity index (χ0v) is 12.1. The van der Waals surface area contributed by atoms with Crippen LogP contribution >= 0.6 is 0 Å². The third kappa shape index (κ3) is 1.47. The van der Waals surface area contributed by atoms with Gasteiger partial charge in [0.1, 0.15) is 5.35 Å². The van der Waals surface area contributed by atoms with Crippen LogP contribution in [0, 0.1) is 15.6 Å². The molecule has 2 aromatic heterocycles. The van der Waals surface area contributed by atoms with E-state index in [0.29, 0.717) is 6.54 Å². The molecule has 4 heteroatoms. The highest BCUT2D eigenvalue weighted by Crippen LogP contribution is 2.22. The summed E-state index contributed by atoms with van der Waals surface area (Å²) in [7, 11) is 0. The molecule has 5 rings (SSSR count). The van der Waals surface area contributed by atoms with Crippen molar-refractivity contribution in [2.75, 3.05) is 6.54 Å². The molecule has 0 saturated carbocycles. The van der Waals surface area contributed by atoms with Gasteiger partial charge in [-0.05, 0) is 30.6 Å². The smallest absolute Gasteiger partial charge is 0.287 e. The number of aromatic nitrogens is 2. The molecule has 1 aliphatic heterocycles. The molecule has 3 aliphatic rings. The highest BCUT2D eigenvalue weighted by molar-refractivity contribution is 5.53. The van der Waals surface area contributed by atoms with E-state index >= 15 is 0 Å². The fraction of sp³-hybridized carbons (Fsp3) is 0.222. The standard InChI is InChI=1S/C18H16N3O/c22-21-10-9-12-11-5-1-3-7-14(11)19-16(12)17-18(21)13-6-2-4-8-15(13)20-17/h1-4,8-9,19-20H,5-7,10H2/q+1. The summed E-state index contributed by atoms with van der Waals surface area (Å²) in [5.74, 6) is 0. The Bertz CT molecular complexity index is 1090. The van der Waals surface area contributed by atoms with Crippen LogP contribution in [0.3, 0.4) is 0 Å². The number of nitrogens with zero attached hydrogens (tertiary/aromatic N) is 1. The van der Waals surface area contributed by atoms with Crippen LogP contribution in [0.2, 0.25) is 0 Å². The second kappa shape index (κ2) is 4.19.